The minimum atomic E-state index is 0.359. The quantitative estimate of drug-likeness (QED) is 0.835. The fraction of sp³-hybridized carbons (Fsp3) is 0.786. The van der Waals surface area contributed by atoms with Crippen LogP contribution in [0.2, 0.25) is 0 Å². The Morgan fingerprint density at radius 3 is 2.89 bits per heavy atom. The molecule has 108 valence electrons. The standard InChI is InChI=1S/C14H26N4S/c1-3-13-10-17-14(19-13)11(2)16-6-9-18-7-4-12(15)5-8-18/h10-12,16H,3-9,15H2,1-2H3. The molecule has 1 unspecified atom stereocenters. The zero-order valence-corrected chi connectivity index (χ0v) is 12.9. The van der Waals surface area contributed by atoms with Crippen LogP contribution in [0.3, 0.4) is 0 Å². The van der Waals surface area contributed by atoms with E-state index in [4.69, 9.17) is 5.73 Å². The van der Waals surface area contributed by atoms with Crippen LogP contribution >= 0.6 is 11.3 Å². The Morgan fingerprint density at radius 1 is 1.53 bits per heavy atom. The summed E-state index contributed by atoms with van der Waals surface area (Å²) in [4.78, 5) is 8.36. The lowest BCUT2D eigenvalue weighted by molar-refractivity contribution is 0.212. The average molecular weight is 282 g/mol. The molecule has 0 aliphatic carbocycles. The van der Waals surface area contributed by atoms with Crippen molar-refractivity contribution < 1.29 is 0 Å². The van der Waals surface area contributed by atoms with E-state index < -0.39 is 0 Å². The summed E-state index contributed by atoms with van der Waals surface area (Å²) in [7, 11) is 0. The van der Waals surface area contributed by atoms with Crippen LogP contribution in [0.25, 0.3) is 0 Å². The van der Waals surface area contributed by atoms with Gasteiger partial charge in [-0.1, -0.05) is 6.92 Å². The minimum Gasteiger partial charge on any atom is -0.328 e. The number of nitrogens with one attached hydrogen (secondary N) is 1. The van der Waals surface area contributed by atoms with Gasteiger partial charge in [0.2, 0.25) is 0 Å². The summed E-state index contributed by atoms with van der Waals surface area (Å²) in [6.45, 7) is 8.81. The third-order valence-electron chi connectivity index (χ3n) is 3.80. The zero-order chi connectivity index (χ0) is 13.7. The summed E-state index contributed by atoms with van der Waals surface area (Å²) in [6, 6.07) is 0.781. The first kappa shape index (κ1) is 14.9. The monoisotopic (exact) mass is 282 g/mol. The van der Waals surface area contributed by atoms with Gasteiger partial charge in [-0.2, -0.15) is 0 Å². The predicted octanol–water partition coefficient (Wildman–Crippen LogP) is 1.78. The van der Waals surface area contributed by atoms with Crippen molar-refractivity contribution in [1.82, 2.24) is 15.2 Å². The molecule has 1 fully saturated rings. The van der Waals surface area contributed by atoms with E-state index in [9.17, 15) is 0 Å². The maximum atomic E-state index is 5.92. The Hall–Kier alpha value is -0.490. The van der Waals surface area contributed by atoms with Gasteiger partial charge in [-0.15, -0.1) is 11.3 Å². The van der Waals surface area contributed by atoms with Crippen molar-refractivity contribution in [2.45, 2.75) is 45.2 Å². The number of aromatic nitrogens is 1. The molecule has 1 aromatic heterocycles. The van der Waals surface area contributed by atoms with E-state index in [0.29, 0.717) is 12.1 Å². The van der Waals surface area contributed by atoms with E-state index in [1.807, 2.05) is 17.5 Å². The van der Waals surface area contributed by atoms with Crippen molar-refractivity contribution >= 4 is 11.3 Å². The summed E-state index contributed by atoms with van der Waals surface area (Å²) in [5.41, 5.74) is 5.92. The molecule has 0 amide bonds. The number of thiazole rings is 1. The fourth-order valence-electron chi connectivity index (χ4n) is 2.39. The summed E-state index contributed by atoms with van der Waals surface area (Å²) >= 11 is 1.82. The molecule has 0 spiro atoms. The fourth-order valence-corrected chi connectivity index (χ4v) is 3.27. The highest BCUT2D eigenvalue weighted by molar-refractivity contribution is 7.11. The molecule has 2 heterocycles. The van der Waals surface area contributed by atoms with E-state index in [2.05, 4.69) is 29.0 Å². The molecule has 3 N–H and O–H groups in total. The van der Waals surface area contributed by atoms with Gasteiger partial charge >= 0.3 is 0 Å². The van der Waals surface area contributed by atoms with Crippen LogP contribution in [-0.4, -0.2) is 42.1 Å². The molecule has 0 bridgehead atoms. The van der Waals surface area contributed by atoms with Gasteiger partial charge in [-0.3, -0.25) is 0 Å². The molecule has 1 aliphatic rings. The molecule has 4 nitrogen and oxygen atoms in total. The van der Waals surface area contributed by atoms with E-state index in [1.165, 1.54) is 9.88 Å². The summed E-state index contributed by atoms with van der Waals surface area (Å²) in [5, 5.41) is 4.78. The van der Waals surface area contributed by atoms with Gasteiger partial charge in [0.25, 0.3) is 0 Å². The Bertz CT molecular complexity index is 371. The van der Waals surface area contributed by atoms with Gasteiger partial charge in [0.05, 0.1) is 6.04 Å². The summed E-state index contributed by atoms with van der Waals surface area (Å²) < 4.78 is 0. The normalized spacial score (nSPS) is 19.7. The molecule has 0 radical (unpaired) electrons. The first-order valence-electron chi connectivity index (χ1n) is 7.35. The summed E-state index contributed by atoms with van der Waals surface area (Å²) in [5.74, 6) is 0. The number of aryl methyl sites for hydroxylation is 1. The molecule has 2 rings (SSSR count). The lowest BCUT2D eigenvalue weighted by Gasteiger charge is -2.30. The van der Waals surface area contributed by atoms with Crippen molar-refractivity contribution in [3.8, 4) is 0 Å². The Kier molecular flexibility index (Phi) is 5.76. The predicted molar refractivity (Wildman–Crippen MR) is 81.6 cm³/mol. The minimum absolute atomic E-state index is 0.359. The number of nitrogens with two attached hydrogens (primary N) is 1. The molecule has 1 saturated heterocycles. The van der Waals surface area contributed by atoms with Gasteiger partial charge in [-0.25, -0.2) is 4.98 Å². The Labute approximate surface area is 120 Å². The van der Waals surface area contributed by atoms with Crippen molar-refractivity contribution in [2.24, 2.45) is 5.73 Å². The van der Waals surface area contributed by atoms with Crippen molar-refractivity contribution in [3.63, 3.8) is 0 Å². The Morgan fingerprint density at radius 2 is 2.26 bits per heavy atom. The maximum absolute atomic E-state index is 5.92. The highest BCUT2D eigenvalue weighted by atomic mass is 32.1. The zero-order valence-electron chi connectivity index (χ0n) is 12.1. The van der Waals surface area contributed by atoms with Crippen LogP contribution in [-0.2, 0) is 6.42 Å². The number of hydrogen-bond acceptors (Lipinski definition) is 5. The molecule has 1 aliphatic heterocycles. The molecule has 1 atom stereocenters. The van der Waals surface area contributed by atoms with Gasteiger partial charge < -0.3 is 16.0 Å². The SMILES string of the molecule is CCc1cnc(C(C)NCCN2CCC(N)CC2)s1. The van der Waals surface area contributed by atoms with E-state index in [-0.39, 0.29) is 0 Å². The second-order valence-electron chi connectivity index (χ2n) is 5.37. The van der Waals surface area contributed by atoms with Crippen LogP contribution in [0, 0.1) is 0 Å². The van der Waals surface area contributed by atoms with Crippen LogP contribution < -0.4 is 11.1 Å². The molecule has 5 heteroatoms. The molecule has 1 aromatic rings. The average Bonchev–Trinajstić information content (AvgIpc) is 2.90. The number of piperidine rings is 1. The van der Waals surface area contributed by atoms with E-state index in [1.54, 1.807) is 0 Å². The third-order valence-corrected chi connectivity index (χ3v) is 5.13. The lowest BCUT2D eigenvalue weighted by atomic mass is 10.1. The first-order chi connectivity index (χ1) is 9.19. The second-order valence-corrected chi connectivity index (χ2v) is 6.52. The first-order valence-corrected chi connectivity index (χ1v) is 8.16. The van der Waals surface area contributed by atoms with Crippen molar-refractivity contribution in [1.29, 1.82) is 0 Å². The third kappa shape index (κ3) is 4.53. The molecular weight excluding hydrogens is 256 g/mol. The molecule has 19 heavy (non-hydrogen) atoms. The highest BCUT2D eigenvalue weighted by Crippen LogP contribution is 2.20. The molecule has 0 saturated carbocycles. The molecule has 0 aromatic carbocycles. The van der Waals surface area contributed by atoms with Gasteiger partial charge in [0, 0.05) is 30.2 Å². The maximum Gasteiger partial charge on any atom is 0.109 e. The number of hydrogen-bond donors (Lipinski definition) is 2. The highest BCUT2D eigenvalue weighted by Gasteiger charge is 2.16. The summed E-state index contributed by atoms with van der Waals surface area (Å²) in [6.07, 6.45) is 5.37. The van der Waals surface area contributed by atoms with Gasteiger partial charge in [0.1, 0.15) is 5.01 Å². The van der Waals surface area contributed by atoms with Crippen LogP contribution in [0.1, 0.15) is 42.6 Å². The Balaban J connectivity index is 1.67. The second kappa shape index (κ2) is 7.33. The van der Waals surface area contributed by atoms with E-state index in [0.717, 1.165) is 45.4 Å². The number of likely N-dealkylation sites (tertiary alicyclic amines) is 1. The lowest BCUT2D eigenvalue weighted by Crippen LogP contribution is -2.42. The largest absolute Gasteiger partial charge is 0.328 e. The smallest absolute Gasteiger partial charge is 0.109 e. The van der Waals surface area contributed by atoms with Crippen molar-refractivity contribution in [2.75, 3.05) is 26.2 Å². The number of rotatable bonds is 6. The van der Waals surface area contributed by atoms with E-state index >= 15 is 0 Å². The van der Waals surface area contributed by atoms with Crippen LogP contribution in [0.4, 0.5) is 0 Å². The van der Waals surface area contributed by atoms with Crippen molar-refractivity contribution in [3.05, 3.63) is 16.1 Å². The van der Waals surface area contributed by atoms with Crippen LogP contribution in [0.15, 0.2) is 6.20 Å². The molecular formula is C14H26N4S. The number of nitrogens with zero attached hydrogens (tertiary/aromatic N) is 2. The van der Waals surface area contributed by atoms with Gasteiger partial charge in [0.15, 0.2) is 0 Å². The topological polar surface area (TPSA) is 54.2 Å². The van der Waals surface area contributed by atoms with Crippen LogP contribution in [0.5, 0.6) is 0 Å². The van der Waals surface area contributed by atoms with Gasteiger partial charge in [-0.05, 0) is 39.3 Å².